The highest BCUT2D eigenvalue weighted by atomic mass is 16.4. The van der Waals surface area contributed by atoms with Gasteiger partial charge in [0.05, 0.1) is 5.41 Å². The maximum atomic E-state index is 11.9. The fraction of sp³-hybridized carbons (Fsp3) is 0.941. The molecule has 0 heterocycles. The Kier molecular flexibility index (Phi) is 3.61. The molecule has 2 bridgehead atoms. The monoisotopic (exact) mass is 264 g/mol. The van der Waals surface area contributed by atoms with E-state index in [1.807, 2.05) is 0 Å². The second-order valence-corrected chi connectivity index (χ2v) is 7.60. The van der Waals surface area contributed by atoms with E-state index in [9.17, 15) is 9.90 Å². The minimum atomic E-state index is -0.492. The molecule has 19 heavy (non-hydrogen) atoms. The van der Waals surface area contributed by atoms with E-state index in [2.05, 4.69) is 6.92 Å². The standard InChI is InChI=1S/C17H28O2/c1-2-12-4-3-7-17(10-12,16(18)19)11-15-9-13-5-6-14(15)8-13/h12-15H,2-11H2,1H3,(H,18,19). The van der Waals surface area contributed by atoms with Gasteiger partial charge in [-0.05, 0) is 62.2 Å². The van der Waals surface area contributed by atoms with Gasteiger partial charge in [-0.15, -0.1) is 0 Å². The largest absolute Gasteiger partial charge is 0.481 e. The molecule has 5 atom stereocenters. The zero-order valence-corrected chi connectivity index (χ0v) is 12.2. The number of rotatable bonds is 4. The molecular formula is C17H28O2. The Morgan fingerprint density at radius 2 is 2.11 bits per heavy atom. The molecule has 2 heteroatoms. The van der Waals surface area contributed by atoms with Crippen LogP contribution in [0.5, 0.6) is 0 Å². The third-order valence-electron chi connectivity index (χ3n) is 6.52. The van der Waals surface area contributed by atoms with Gasteiger partial charge >= 0.3 is 5.97 Å². The van der Waals surface area contributed by atoms with Gasteiger partial charge < -0.3 is 5.11 Å². The summed E-state index contributed by atoms with van der Waals surface area (Å²) in [4.78, 5) is 11.9. The van der Waals surface area contributed by atoms with Crippen LogP contribution in [0, 0.1) is 29.1 Å². The van der Waals surface area contributed by atoms with Crippen LogP contribution in [-0.2, 0) is 4.79 Å². The second kappa shape index (κ2) is 5.10. The molecule has 0 aromatic carbocycles. The van der Waals surface area contributed by atoms with Gasteiger partial charge in [-0.2, -0.15) is 0 Å². The van der Waals surface area contributed by atoms with Crippen LogP contribution in [-0.4, -0.2) is 11.1 Å². The Hall–Kier alpha value is -0.530. The normalized spacial score (nSPS) is 45.5. The van der Waals surface area contributed by atoms with Crippen molar-refractivity contribution in [2.24, 2.45) is 29.1 Å². The number of fused-ring (bicyclic) bond motifs is 2. The summed E-state index contributed by atoms with van der Waals surface area (Å²) < 4.78 is 0. The molecule has 108 valence electrons. The zero-order valence-electron chi connectivity index (χ0n) is 12.2. The van der Waals surface area contributed by atoms with E-state index >= 15 is 0 Å². The van der Waals surface area contributed by atoms with Gasteiger partial charge in [-0.3, -0.25) is 4.79 Å². The molecular weight excluding hydrogens is 236 g/mol. The van der Waals surface area contributed by atoms with E-state index in [0.717, 1.165) is 49.9 Å². The van der Waals surface area contributed by atoms with Gasteiger partial charge in [-0.25, -0.2) is 0 Å². The van der Waals surface area contributed by atoms with Crippen molar-refractivity contribution < 1.29 is 9.90 Å². The van der Waals surface area contributed by atoms with Crippen LogP contribution in [0.3, 0.4) is 0 Å². The summed E-state index contributed by atoms with van der Waals surface area (Å²) in [5.41, 5.74) is -0.367. The van der Waals surface area contributed by atoms with Crippen molar-refractivity contribution in [1.82, 2.24) is 0 Å². The predicted octanol–water partition coefficient (Wildman–Crippen LogP) is 4.48. The quantitative estimate of drug-likeness (QED) is 0.812. The Balaban J connectivity index is 1.71. The van der Waals surface area contributed by atoms with Crippen LogP contribution < -0.4 is 0 Å². The first kappa shape index (κ1) is 13.5. The van der Waals surface area contributed by atoms with Crippen molar-refractivity contribution in [3.05, 3.63) is 0 Å². The molecule has 0 aliphatic heterocycles. The first-order valence-corrected chi connectivity index (χ1v) is 8.36. The molecule has 3 aliphatic carbocycles. The summed E-state index contributed by atoms with van der Waals surface area (Å²) in [6.45, 7) is 2.22. The van der Waals surface area contributed by atoms with E-state index < -0.39 is 5.97 Å². The average Bonchev–Trinajstić information content (AvgIpc) is 3.01. The number of carbonyl (C=O) groups is 1. The van der Waals surface area contributed by atoms with Gasteiger partial charge in [0.1, 0.15) is 0 Å². The first-order chi connectivity index (χ1) is 9.13. The highest BCUT2D eigenvalue weighted by Gasteiger charge is 2.48. The van der Waals surface area contributed by atoms with Crippen molar-refractivity contribution >= 4 is 5.97 Å². The molecule has 0 spiro atoms. The summed E-state index contributed by atoms with van der Waals surface area (Å²) in [6.07, 6.45) is 11.9. The topological polar surface area (TPSA) is 37.3 Å². The number of carboxylic acids is 1. The van der Waals surface area contributed by atoms with Crippen molar-refractivity contribution in [3.63, 3.8) is 0 Å². The van der Waals surface area contributed by atoms with Crippen molar-refractivity contribution in [3.8, 4) is 0 Å². The van der Waals surface area contributed by atoms with Crippen molar-refractivity contribution in [2.75, 3.05) is 0 Å². The summed E-state index contributed by atoms with van der Waals surface area (Å²) >= 11 is 0. The maximum absolute atomic E-state index is 11.9. The van der Waals surface area contributed by atoms with E-state index in [4.69, 9.17) is 0 Å². The highest BCUT2D eigenvalue weighted by Crippen LogP contribution is 2.55. The first-order valence-electron chi connectivity index (χ1n) is 8.36. The van der Waals surface area contributed by atoms with Crippen molar-refractivity contribution in [2.45, 2.75) is 71.1 Å². The molecule has 3 saturated carbocycles. The summed E-state index contributed by atoms with van der Waals surface area (Å²) in [6, 6.07) is 0. The zero-order chi connectivity index (χ0) is 13.5. The lowest BCUT2D eigenvalue weighted by molar-refractivity contribution is -0.154. The Morgan fingerprint density at radius 1 is 1.26 bits per heavy atom. The SMILES string of the molecule is CCC1CCCC(CC2CC3CCC2C3)(C(=O)O)C1. The fourth-order valence-corrected chi connectivity index (χ4v) is 5.43. The lowest BCUT2D eigenvalue weighted by atomic mass is 9.63. The van der Waals surface area contributed by atoms with E-state index in [1.54, 1.807) is 0 Å². The van der Waals surface area contributed by atoms with Gasteiger partial charge in [0.15, 0.2) is 0 Å². The fourth-order valence-electron chi connectivity index (χ4n) is 5.43. The third kappa shape index (κ3) is 2.43. The maximum Gasteiger partial charge on any atom is 0.309 e. The Bertz CT molecular complexity index is 351. The van der Waals surface area contributed by atoms with Crippen LogP contribution in [0.25, 0.3) is 0 Å². The highest BCUT2D eigenvalue weighted by molar-refractivity contribution is 5.74. The van der Waals surface area contributed by atoms with Crippen LogP contribution in [0.2, 0.25) is 0 Å². The molecule has 5 unspecified atom stereocenters. The molecule has 1 N–H and O–H groups in total. The Labute approximate surface area is 117 Å². The minimum absolute atomic E-state index is 0.367. The second-order valence-electron chi connectivity index (χ2n) is 7.60. The van der Waals surface area contributed by atoms with Crippen LogP contribution in [0.4, 0.5) is 0 Å². The molecule has 3 aliphatic rings. The number of hydrogen-bond acceptors (Lipinski definition) is 1. The molecule has 0 saturated heterocycles. The molecule has 3 fully saturated rings. The molecule has 0 aromatic heterocycles. The summed E-state index contributed by atoms with van der Waals surface area (Å²) in [7, 11) is 0. The van der Waals surface area contributed by atoms with Crippen molar-refractivity contribution in [1.29, 1.82) is 0 Å². The van der Waals surface area contributed by atoms with E-state index in [1.165, 1.54) is 32.1 Å². The lowest BCUT2D eigenvalue weighted by Gasteiger charge is -2.40. The van der Waals surface area contributed by atoms with Crippen LogP contribution >= 0.6 is 0 Å². The van der Waals surface area contributed by atoms with Gasteiger partial charge in [0.2, 0.25) is 0 Å². The summed E-state index contributed by atoms with van der Waals surface area (Å²) in [5.74, 6) is 2.69. The molecule has 2 nitrogen and oxygen atoms in total. The van der Waals surface area contributed by atoms with E-state index in [0.29, 0.717) is 5.92 Å². The van der Waals surface area contributed by atoms with Crippen LogP contribution in [0.1, 0.15) is 71.1 Å². The van der Waals surface area contributed by atoms with Crippen LogP contribution in [0.15, 0.2) is 0 Å². The minimum Gasteiger partial charge on any atom is -0.481 e. The predicted molar refractivity (Wildman–Crippen MR) is 75.9 cm³/mol. The molecule has 0 amide bonds. The lowest BCUT2D eigenvalue weighted by Crippen LogP contribution is -2.39. The van der Waals surface area contributed by atoms with Gasteiger partial charge in [0, 0.05) is 0 Å². The number of carboxylic acid groups (broad SMARTS) is 1. The van der Waals surface area contributed by atoms with Gasteiger partial charge in [-0.1, -0.05) is 32.6 Å². The Morgan fingerprint density at radius 3 is 2.68 bits per heavy atom. The molecule has 0 aromatic rings. The number of aliphatic carboxylic acids is 1. The number of hydrogen-bond donors (Lipinski definition) is 1. The van der Waals surface area contributed by atoms with E-state index in [-0.39, 0.29) is 5.41 Å². The molecule has 3 rings (SSSR count). The smallest absolute Gasteiger partial charge is 0.309 e. The third-order valence-corrected chi connectivity index (χ3v) is 6.52. The summed E-state index contributed by atoms with van der Waals surface area (Å²) in [5, 5.41) is 9.83. The van der Waals surface area contributed by atoms with Gasteiger partial charge in [0.25, 0.3) is 0 Å². The average molecular weight is 264 g/mol. The molecule has 0 radical (unpaired) electrons.